The Hall–Kier alpha value is -2.91. The van der Waals surface area contributed by atoms with Crippen molar-refractivity contribution in [2.75, 3.05) is 19.6 Å². The quantitative estimate of drug-likeness (QED) is 0.765. The molecule has 1 aliphatic heterocycles. The summed E-state index contributed by atoms with van der Waals surface area (Å²) in [5.74, 6) is -1.32. The van der Waals surface area contributed by atoms with Crippen LogP contribution in [0.5, 0.6) is 0 Å². The molecule has 0 N–H and O–H groups in total. The van der Waals surface area contributed by atoms with Crippen molar-refractivity contribution in [2.24, 2.45) is 0 Å². The van der Waals surface area contributed by atoms with Gasteiger partial charge in [0.1, 0.15) is 18.1 Å². The highest BCUT2D eigenvalue weighted by Gasteiger charge is 2.48. The first-order chi connectivity index (χ1) is 12.3. The third-order valence-corrected chi connectivity index (χ3v) is 4.27. The zero-order valence-corrected chi connectivity index (χ0v) is 13.7. The predicted molar refractivity (Wildman–Crippen MR) is 85.9 cm³/mol. The number of amides is 2. The molecule has 26 heavy (non-hydrogen) atoms. The highest BCUT2D eigenvalue weighted by molar-refractivity contribution is 5.87. The molecule has 1 saturated heterocycles. The van der Waals surface area contributed by atoms with Gasteiger partial charge in [0.15, 0.2) is 0 Å². The van der Waals surface area contributed by atoms with Gasteiger partial charge in [-0.3, -0.25) is 9.59 Å². The van der Waals surface area contributed by atoms with Crippen LogP contribution in [0.25, 0.3) is 11.0 Å². The number of aromatic nitrogens is 3. The van der Waals surface area contributed by atoms with Crippen LogP contribution in [0.2, 0.25) is 0 Å². The molecule has 3 rings (SSSR count). The Morgan fingerprint density at radius 1 is 1.27 bits per heavy atom. The lowest BCUT2D eigenvalue weighted by Gasteiger charge is -2.41. The van der Waals surface area contributed by atoms with Crippen molar-refractivity contribution in [1.82, 2.24) is 24.8 Å². The smallest absolute Gasteiger partial charge is 0.335 e. The van der Waals surface area contributed by atoms with E-state index in [1.54, 1.807) is 24.3 Å². The van der Waals surface area contributed by atoms with E-state index in [2.05, 4.69) is 16.9 Å². The van der Waals surface area contributed by atoms with E-state index in [0.717, 1.165) is 15.9 Å². The van der Waals surface area contributed by atoms with Crippen LogP contribution in [-0.4, -0.2) is 68.5 Å². The average molecular weight is 367 g/mol. The highest BCUT2D eigenvalue weighted by atomic mass is 19.4. The van der Waals surface area contributed by atoms with E-state index < -0.39 is 30.6 Å². The summed E-state index contributed by atoms with van der Waals surface area (Å²) in [5, 5.41) is 7.72. The Morgan fingerprint density at radius 3 is 2.69 bits per heavy atom. The second-order valence-corrected chi connectivity index (χ2v) is 5.87. The van der Waals surface area contributed by atoms with Crippen LogP contribution in [-0.2, 0) is 16.1 Å². The number of halogens is 3. The lowest BCUT2D eigenvalue weighted by Crippen LogP contribution is -2.61. The number of hydrogen-bond donors (Lipinski definition) is 0. The number of carbonyl (C=O) groups is 2. The summed E-state index contributed by atoms with van der Waals surface area (Å²) < 4.78 is 41.6. The number of rotatable bonds is 3. The number of benzene rings is 1. The van der Waals surface area contributed by atoms with Crippen LogP contribution in [0, 0.1) is 0 Å². The number of para-hydroxylation sites is 1. The van der Waals surface area contributed by atoms with Gasteiger partial charge in [0.2, 0.25) is 11.8 Å². The lowest BCUT2D eigenvalue weighted by molar-refractivity contribution is -0.201. The number of fused-ring (bicyclic) bond motifs is 1. The molecule has 0 bridgehead atoms. The molecular weight excluding hydrogens is 351 g/mol. The predicted octanol–water partition coefficient (Wildman–Crippen LogP) is 1.22. The van der Waals surface area contributed by atoms with E-state index in [9.17, 15) is 22.8 Å². The van der Waals surface area contributed by atoms with Crippen LogP contribution in [0.4, 0.5) is 13.2 Å². The van der Waals surface area contributed by atoms with Crippen molar-refractivity contribution in [3.8, 4) is 0 Å². The number of carbonyl (C=O) groups excluding carboxylic acids is 2. The summed E-state index contributed by atoms with van der Waals surface area (Å²) in [6, 6.07) is 4.79. The maximum absolute atomic E-state index is 13.4. The molecule has 0 radical (unpaired) electrons. The molecule has 0 spiro atoms. The minimum absolute atomic E-state index is 0.0152. The zero-order chi connectivity index (χ0) is 18.9. The summed E-state index contributed by atoms with van der Waals surface area (Å²) in [6.45, 7) is 2.12. The molecule has 1 fully saturated rings. The molecule has 2 heterocycles. The van der Waals surface area contributed by atoms with Crippen molar-refractivity contribution < 1.29 is 22.8 Å². The summed E-state index contributed by atoms with van der Waals surface area (Å²) >= 11 is 0. The Morgan fingerprint density at radius 2 is 2.00 bits per heavy atom. The Balaban J connectivity index is 1.81. The molecule has 10 heteroatoms. The SMILES string of the molecule is C=CC(=O)N1CCN(C(=O)Cn2nnc3ccccc32)C(C(F)(F)F)C1. The van der Waals surface area contributed by atoms with Gasteiger partial charge in [-0.2, -0.15) is 13.2 Å². The maximum atomic E-state index is 13.4. The second-order valence-electron chi connectivity index (χ2n) is 5.87. The molecule has 1 atom stereocenters. The summed E-state index contributed by atoms with van der Waals surface area (Å²) in [7, 11) is 0. The third-order valence-electron chi connectivity index (χ3n) is 4.27. The van der Waals surface area contributed by atoms with Gasteiger partial charge in [0.25, 0.3) is 0 Å². The van der Waals surface area contributed by atoms with E-state index in [4.69, 9.17) is 0 Å². The third kappa shape index (κ3) is 3.39. The van der Waals surface area contributed by atoms with E-state index in [-0.39, 0.29) is 19.6 Å². The van der Waals surface area contributed by atoms with Crippen LogP contribution in [0.3, 0.4) is 0 Å². The van der Waals surface area contributed by atoms with Crippen LogP contribution < -0.4 is 0 Å². The molecule has 0 saturated carbocycles. The first-order valence-corrected chi connectivity index (χ1v) is 7.87. The molecule has 1 aliphatic rings. The minimum Gasteiger partial charge on any atom is -0.335 e. The fourth-order valence-electron chi connectivity index (χ4n) is 2.94. The average Bonchev–Trinajstić information content (AvgIpc) is 3.03. The van der Waals surface area contributed by atoms with Gasteiger partial charge >= 0.3 is 6.18 Å². The Kier molecular flexibility index (Phi) is 4.66. The molecule has 1 unspecified atom stereocenters. The maximum Gasteiger partial charge on any atom is 0.410 e. The topological polar surface area (TPSA) is 71.3 Å². The number of nitrogens with zero attached hydrogens (tertiary/aromatic N) is 5. The van der Waals surface area contributed by atoms with Gasteiger partial charge in [-0.05, 0) is 18.2 Å². The zero-order valence-electron chi connectivity index (χ0n) is 13.7. The fourth-order valence-corrected chi connectivity index (χ4v) is 2.94. The normalized spacial score (nSPS) is 18.2. The van der Waals surface area contributed by atoms with Gasteiger partial charge in [0.05, 0.1) is 12.1 Å². The molecule has 7 nitrogen and oxygen atoms in total. The monoisotopic (exact) mass is 367 g/mol. The summed E-state index contributed by atoms with van der Waals surface area (Å²) in [6.07, 6.45) is -3.69. The van der Waals surface area contributed by atoms with Crippen molar-refractivity contribution in [1.29, 1.82) is 0 Å². The van der Waals surface area contributed by atoms with E-state index in [1.165, 1.54) is 4.68 Å². The largest absolute Gasteiger partial charge is 0.410 e. The van der Waals surface area contributed by atoms with E-state index >= 15 is 0 Å². The first-order valence-electron chi connectivity index (χ1n) is 7.87. The highest BCUT2D eigenvalue weighted by Crippen LogP contribution is 2.28. The van der Waals surface area contributed by atoms with Crippen LogP contribution in [0.15, 0.2) is 36.9 Å². The van der Waals surface area contributed by atoms with Gasteiger partial charge in [-0.1, -0.05) is 23.9 Å². The van der Waals surface area contributed by atoms with Gasteiger partial charge in [0, 0.05) is 13.1 Å². The summed E-state index contributed by atoms with van der Waals surface area (Å²) in [4.78, 5) is 26.0. The van der Waals surface area contributed by atoms with E-state index in [0.29, 0.717) is 11.0 Å². The molecule has 1 aromatic heterocycles. The molecule has 2 aromatic rings. The van der Waals surface area contributed by atoms with Gasteiger partial charge in [-0.15, -0.1) is 5.10 Å². The molecule has 138 valence electrons. The number of alkyl halides is 3. The number of piperazine rings is 1. The van der Waals surface area contributed by atoms with Crippen LogP contribution >= 0.6 is 0 Å². The molecule has 2 amide bonds. The molecular formula is C16H16F3N5O2. The summed E-state index contributed by atoms with van der Waals surface area (Å²) in [5.41, 5.74) is 1.11. The Labute approximate surface area is 146 Å². The molecule has 0 aliphatic carbocycles. The minimum atomic E-state index is -4.65. The van der Waals surface area contributed by atoms with Gasteiger partial charge in [-0.25, -0.2) is 4.68 Å². The second kappa shape index (κ2) is 6.77. The van der Waals surface area contributed by atoms with Crippen molar-refractivity contribution in [3.05, 3.63) is 36.9 Å². The van der Waals surface area contributed by atoms with Crippen molar-refractivity contribution in [2.45, 2.75) is 18.8 Å². The van der Waals surface area contributed by atoms with Crippen molar-refractivity contribution >= 4 is 22.8 Å². The molecule has 1 aromatic carbocycles. The van der Waals surface area contributed by atoms with Crippen molar-refractivity contribution in [3.63, 3.8) is 0 Å². The Bertz CT molecular complexity index is 848. The first kappa shape index (κ1) is 17.9. The lowest BCUT2D eigenvalue weighted by atomic mass is 10.1. The standard InChI is InChI=1S/C16H16F3N5O2/c1-2-14(25)22-7-8-23(13(9-22)16(17,18)19)15(26)10-24-12-6-4-3-5-11(12)20-21-24/h2-6,13H,1,7-10H2. The van der Waals surface area contributed by atoms with Crippen LogP contribution in [0.1, 0.15) is 0 Å². The fraction of sp³-hybridized carbons (Fsp3) is 0.375. The number of hydrogen-bond acceptors (Lipinski definition) is 4. The van der Waals surface area contributed by atoms with E-state index in [1.807, 2.05) is 0 Å². The van der Waals surface area contributed by atoms with Gasteiger partial charge < -0.3 is 9.80 Å².